The number of aryl methyl sites for hydroxylation is 1. The van der Waals surface area contributed by atoms with E-state index in [1.165, 1.54) is 5.69 Å². The van der Waals surface area contributed by atoms with E-state index in [9.17, 15) is 0 Å². The van der Waals surface area contributed by atoms with Gasteiger partial charge in [-0.25, -0.2) is 0 Å². The number of aromatic nitrogens is 2. The lowest BCUT2D eigenvalue weighted by atomic mass is 10.1. The van der Waals surface area contributed by atoms with Crippen LogP contribution in [0.5, 0.6) is 0 Å². The maximum absolute atomic E-state index is 5.74. The topological polar surface area (TPSA) is 43.8 Å². The van der Waals surface area contributed by atoms with Crippen LogP contribution in [0, 0.1) is 11.3 Å². The van der Waals surface area contributed by atoms with Gasteiger partial charge in [-0.05, 0) is 30.9 Å². The predicted octanol–water partition coefficient (Wildman–Crippen LogP) is 1.60. The zero-order valence-electron chi connectivity index (χ0n) is 9.20. The lowest BCUT2D eigenvalue weighted by molar-refractivity contribution is 0.555. The third-order valence-electron chi connectivity index (χ3n) is 3.61. The molecule has 1 fully saturated rings. The first-order valence-corrected chi connectivity index (χ1v) is 5.34. The van der Waals surface area contributed by atoms with Gasteiger partial charge < -0.3 is 5.73 Å². The highest BCUT2D eigenvalue weighted by molar-refractivity contribution is 5.25. The van der Waals surface area contributed by atoms with Gasteiger partial charge in [-0.2, -0.15) is 5.10 Å². The van der Waals surface area contributed by atoms with Crippen molar-refractivity contribution < 1.29 is 0 Å². The average molecular weight is 193 g/mol. The molecule has 0 spiro atoms. The van der Waals surface area contributed by atoms with Gasteiger partial charge in [0.15, 0.2) is 0 Å². The zero-order valence-corrected chi connectivity index (χ0v) is 9.20. The fraction of sp³-hybridized carbons (Fsp3) is 0.727. The van der Waals surface area contributed by atoms with Crippen LogP contribution in [0.15, 0.2) is 12.3 Å². The van der Waals surface area contributed by atoms with Crippen LogP contribution in [0.25, 0.3) is 0 Å². The Balaban J connectivity index is 2.18. The van der Waals surface area contributed by atoms with Crippen LogP contribution in [0.4, 0.5) is 0 Å². The van der Waals surface area contributed by atoms with Crippen LogP contribution in [0.2, 0.25) is 0 Å². The first kappa shape index (κ1) is 9.71. The predicted molar refractivity (Wildman–Crippen MR) is 57.0 cm³/mol. The fourth-order valence-electron chi connectivity index (χ4n) is 2.49. The second-order valence-corrected chi connectivity index (χ2v) is 4.74. The van der Waals surface area contributed by atoms with Gasteiger partial charge in [0.2, 0.25) is 0 Å². The largest absolute Gasteiger partial charge is 0.330 e. The van der Waals surface area contributed by atoms with E-state index in [0.29, 0.717) is 17.3 Å². The van der Waals surface area contributed by atoms with E-state index in [0.717, 1.165) is 13.1 Å². The molecule has 0 unspecified atom stereocenters. The van der Waals surface area contributed by atoms with E-state index in [-0.39, 0.29) is 0 Å². The molecule has 1 saturated carbocycles. The van der Waals surface area contributed by atoms with E-state index in [1.54, 1.807) is 0 Å². The molecule has 2 N–H and O–H groups in total. The molecule has 1 aliphatic carbocycles. The zero-order chi connectivity index (χ0) is 10.3. The second-order valence-electron chi connectivity index (χ2n) is 4.74. The molecule has 78 valence electrons. The highest BCUT2D eigenvalue weighted by atomic mass is 15.3. The Morgan fingerprint density at radius 1 is 1.57 bits per heavy atom. The van der Waals surface area contributed by atoms with Crippen molar-refractivity contribution in [3.63, 3.8) is 0 Å². The lowest BCUT2D eigenvalue weighted by Gasteiger charge is -1.99. The van der Waals surface area contributed by atoms with E-state index in [4.69, 9.17) is 5.73 Å². The van der Waals surface area contributed by atoms with E-state index < -0.39 is 0 Å². The molecule has 0 aliphatic heterocycles. The van der Waals surface area contributed by atoms with Crippen molar-refractivity contribution in [3.8, 4) is 0 Å². The summed E-state index contributed by atoms with van der Waals surface area (Å²) in [7, 11) is 0. The highest BCUT2D eigenvalue weighted by Gasteiger charge is 2.58. The maximum atomic E-state index is 5.74. The van der Waals surface area contributed by atoms with Gasteiger partial charge in [0, 0.05) is 18.7 Å². The normalized spacial score (nSPS) is 29.1. The molecule has 0 bridgehead atoms. The Kier molecular flexibility index (Phi) is 2.14. The maximum Gasteiger partial charge on any atom is 0.0664 e. The number of hydrogen-bond donors (Lipinski definition) is 1. The van der Waals surface area contributed by atoms with Crippen LogP contribution < -0.4 is 5.73 Å². The van der Waals surface area contributed by atoms with E-state index in [2.05, 4.69) is 38.1 Å². The summed E-state index contributed by atoms with van der Waals surface area (Å²) in [6.45, 7) is 8.38. The first-order valence-electron chi connectivity index (χ1n) is 5.34. The van der Waals surface area contributed by atoms with Gasteiger partial charge in [-0.15, -0.1) is 0 Å². The molecule has 14 heavy (non-hydrogen) atoms. The van der Waals surface area contributed by atoms with Gasteiger partial charge in [0.1, 0.15) is 0 Å². The van der Waals surface area contributed by atoms with Crippen LogP contribution in [-0.2, 0) is 6.54 Å². The van der Waals surface area contributed by atoms with Gasteiger partial charge in [0.25, 0.3) is 0 Å². The van der Waals surface area contributed by atoms with E-state index >= 15 is 0 Å². The summed E-state index contributed by atoms with van der Waals surface area (Å²) in [5.74, 6) is 1.18. The monoisotopic (exact) mass is 193 g/mol. The third-order valence-corrected chi connectivity index (χ3v) is 3.61. The van der Waals surface area contributed by atoms with Crippen LogP contribution >= 0.6 is 0 Å². The first-order chi connectivity index (χ1) is 6.61. The summed E-state index contributed by atoms with van der Waals surface area (Å²) < 4.78 is 1.98. The number of nitrogens with two attached hydrogens (primary N) is 1. The lowest BCUT2D eigenvalue weighted by Crippen LogP contribution is -2.05. The minimum absolute atomic E-state index is 0.349. The molecule has 0 aromatic carbocycles. The average Bonchev–Trinajstić information content (AvgIpc) is 2.55. The summed E-state index contributed by atoms with van der Waals surface area (Å²) in [6.07, 6.45) is 2.05. The molecule has 0 radical (unpaired) electrons. The highest BCUT2D eigenvalue weighted by Crippen LogP contribution is 2.63. The molecular formula is C11H19N3. The minimum atomic E-state index is 0.349. The summed E-state index contributed by atoms with van der Waals surface area (Å²) in [5.41, 5.74) is 7.31. The van der Waals surface area contributed by atoms with Crippen molar-refractivity contribution >= 4 is 0 Å². The Hall–Kier alpha value is -0.830. The van der Waals surface area contributed by atoms with Crippen molar-refractivity contribution in [3.05, 3.63) is 18.0 Å². The summed E-state index contributed by atoms with van der Waals surface area (Å²) in [4.78, 5) is 0. The van der Waals surface area contributed by atoms with Crippen molar-refractivity contribution in [2.24, 2.45) is 17.1 Å². The molecule has 2 atom stereocenters. The van der Waals surface area contributed by atoms with Crippen molar-refractivity contribution in [1.82, 2.24) is 9.78 Å². The molecule has 0 saturated heterocycles. The molecule has 3 heteroatoms. The molecule has 3 nitrogen and oxygen atoms in total. The van der Waals surface area contributed by atoms with Crippen LogP contribution in [-0.4, -0.2) is 16.3 Å². The Morgan fingerprint density at radius 2 is 2.29 bits per heavy atom. The SMILES string of the molecule is CCn1ccc([C@@H]2[C@@H](CN)C2(C)C)n1. The smallest absolute Gasteiger partial charge is 0.0664 e. The molecule has 1 aromatic rings. The molecular weight excluding hydrogens is 174 g/mol. The molecule has 1 heterocycles. The summed E-state index contributed by atoms with van der Waals surface area (Å²) in [5, 5.41) is 4.55. The molecule has 1 aromatic heterocycles. The molecule has 2 rings (SSSR count). The number of hydrogen-bond acceptors (Lipinski definition) is 2. The number of rotatable bonds is 3. The quantitative estimate of drug-likeness (QED) is 0.792. The van der Waals surface area contributed by atoms with Gasteiger partial charge in [-0.1, -0.05) is 13.8 Å². The second kappa shape index (κ2) is 3.09. The summed E-state index contributed by atoms with van der Waals surface area (Å²) >= 11 is 0. The fourth-order valence-corrected chi connectivity index (χ4v) is 2.49. The van der Waals surface area contributed by atoms with Crippen molar-refractivity contribution in [2.75, 3.05) is 6.54 Å². The van der Waals surface area contributed by atoms with E-state index in [1.807, 2.05) is 4.68 Å². The van der Waals surface area contributed by atoms with Gasteiger partial charge in [0.05, 0.1) is 5.69 Å². The van der Waals surface area contributed by atoms with Crippen LogP contribution in [0.1, 0.15) is 32.4 Å². The standard InChI is InChI=1S/C11H19N3/c1-4-14-6-5-9(13-14)10-8(7-12)11(10,2)3/h5-6,8,10H,4,7,12H2,1-3H3/t8-,10+/m1/s1. The Morgan fingerprint density at radius 3 is 2.71 bits per heavy atom. The Bertz CT molecular complexity index is 327. The number of nitrogens with zero attached hydrogens (tertiary/aromatic N) is 2. The summed E-state index contributed by atoms with van der Waals surface area (Å²) in [6, 6.07) is 2.13. The van der Waals surface area contributed by atoms with Gasteiger partial charge >= 0.3 is 0 Å². The minimum Gasteiger partial charge on any atom is -0.330 e. The Labute approximate surface area is 85.3 Å². The van der Waals surface area contributed by atoms with Crippen LogP contribution in [0.3, 0.4) is 0 Å². The molecule has 0 amide bonds. The van der Waals surface area contributed by atoms with Crippen molar-refractivity contribution in [2.45, 2.75) is 33.2 Å². The van der Waals surface area contributed by atoms with Crippen molar-refractivity contribution in [1.29, 1.82) is 0 Å². The van der Waals surface area contributed by atoms with Gasteiger partial charge in [-0.3, -0.25) is 4.68 Å². The molecule has 1 aliphatic rings. The third kappa shape index (κ3) is 1.27.